The minimum Gasteiger partial charge on any atom is -0.130 e. The van der Waals surface area contributed by atoms with Gasteiger partial charge in [-0.05, 0) is 84.0 Å². The van der Waals surface area contributed by atoms with Gasteiger partial charge in [-0.15, -0.1) is 23.5 Å². The van der Waals surface area contributed by atoms with E-state index in [2.05, 4.69) is 221 Å². The van der Waals surface area contributed by atoms with Gasteiger partial charge in [-0.3, -0.25) is 0 Å². The van der Waals surface area contributed by atoms with Crippen molar-refractivity contribution in [1.29, 1.82) is 0 Å². The molecular weight excluding hydrogens is 617 g/mol. The summed E-state index contributed by atoms with van der Waals surface area (Å²) in [6, 6.07) is 38.3. The van der Waals surface area contributed by atoms with Crippen LogP contribution in [-0.2, 0) is 0 Å². The molecule has 0 saturated carbocycles. The molecule has 0 fully saturated rings. The van der Waals surface area contributed by atoms with Gasteiger partial charge in [0.25, 0.3) is 0 Å². The van der Waals surface area contributed by atoms with E-state index in [4.69, 9.17) is 0 Å². The van der Waals surface area contributed by atoms with Crippen molar-refractivity contribution in [2.75, 3.05) is 12.5 Å². The zero-order valence-corrected chi connectivity index (χ0v) is 29.9. The average molecular weight is 661 g/mol. The topological polar surface area (TPSA) is 0 Å². The van der Waals surface area contributed by atoms with Crippen molar-refractivity contribution in [3.05, 3.63) is 216 Å². The third-order valence-corrected chi connectivity index (χ3v) is 8.94. The maximum absolute atomic E-state index is 2.19. The number of thioether (sulfide) groups is 2. The lowest BCUT2D eigenvalue weighted by molar-refractivity contribution is 1.45. The summed E-state index contributed by atoms with van der Waals surface area (Å²) in [6.07, 6.45) is 34.3. The highest BCUT2D eigenvalue weighted by Gasteiger charge is 1.98. The zero-order chi connectivity index (χ0) is 33.8. The summed E-state index contributed by atoms with van der Waals surface area (Å²) >= 11 is 3.52. The molecule has 0 heterocycles. The molecule has 4 rings (SSSR count). The standard InChI is InChI=1S/C46H44S2/c1-37(25-31-43(41-19-7-5-8-20-41)23-13-17-39-27-33-45(47-3)34-28-39)15-11-12-16-38(2)26-32-44(42-21-9-6-10-22-42)24-14-18-40-29-35-46(48-4)36-30-40/h5-36H,1-4H3/b12-11+,17-13+,18-14+,31-25+,32-26+,37-15+,38-16+,43-23+,44-24+. The Bertz CT molecular complexity index is 1700. The summed E-state index contributed by atoms with van der Waals surface area (Å²) in [7, 11) is 0. The van der Waals surface area contributed by atoms with Crippen LogP contribution in [0.15, 0.2) is 203 Å². The van der Waals surface area contributed by atoms with Crippen molar-refractivity contribution in [3.8, 4) is 0 Å². The molecule has 0 aliphatic carbocycles. The van der Waals surface area contributed by atoms with Crippen molar-refractivity contribution < 1.29 is 0 Å². The Hall–Kier alpha value is -4.76. The summed E-state index contributed by atoms with van der Waals surface area (Å²) in [5.74, 6) is 0. The van der Waals surface area contributed by atoms with E-state index in [1.807, 2.05) is 0 Å². The first-order valence-electron chi connectivity index (χ1n) is 16.1. The van der Waals surface area contributed by atoms with Gasteiger partial charge in [0.1, 0.15) is 0 Å². The Morgan fingerprint density at radius 1 is 0.417 bits per heavy atom. The minimum absolute atomic E-state index is 1.16. The SMILES string of the molecule is CSc1ccc(/C=C/C=C(\C=C\C(C)=C\C=C\C=C(C)\C=C\C(=C/C=C/c2ccc(SC)cc2)c2ccccc2)c2ccccc2)cc1. The van der Waals surface area contributed by atoms with E-state index in [0.717, 1.165) is 11.1 Å². The number of allylic oxidation sites excluding steroid dienone is 16. The lowest BCUT2D eigenvalue weighted by Crippen LogP contribution is -1.80. The van der Waals surface area contributed by atoms with Crippen LogP contribution in [0.3, 0.4) is 0 Å². The third-order valence-electron chi connectivity index (χ3n) is 7.46. The Labute approximate surface area is 297 Å². The highest BCUT2D eigenvalue weighted by atomic mass is 32.2. The second-order valence-corrected chi connectivity index (χ2v) is 12.9. The van der Waals surface area contributed by atoms with Gasteiger partial charge in [0, 0.05) is 9.79 Å². The molecule has 0 amide bonds. The molecule has 0 bridgehead atoms. The van der Waals surface area contributed by atoms with Gasteiger partial charge in [-0.2, -0.15) is 0 Å². The van der Waals surface area contributed by atoms with E-state index in [0.29, 0.717) is 0 Å². The van der Waals surface area contributed by atoms with E-state index in [-0.39, 0.29) is 0 Å². The van der Waals surface area contributed by atoms with Gasteiger partial charge in [0.05, 0.1) is 0 Å². The fourth-order valence-electron chi connectivity index (χ4n) is 4.68. The summed E-state index contributed by atoms with van der Waals surface area (Å²) in [4.78, 5) is 2.55. The van der Waals surface area contributed by atoms with E-state index in [9.17, 15) is 0 Å². The van der Waals surface area contributed by atoms with Crippen molar-refractivity contribution in [3.63, 3.8) is 0 Å². The van der Waals surface area contributed by atoms with Crippen molar-refractivity contribution in [2.45, 2.75) is 23.6 Å². The highest BCUT2D eigenvalue weighted by molar-refractivity contribution is 7.98. The number of rotatable bonds is 14. The first-order valence-corrected chi connectivity index (χ1v) is 18.5. The van der Waals surface area contributed by atoms with Gasteiger partial charge in [0.15, 0.2) is 0 Å². The lowest BCUT2D eigenvalue weighted by atomic mass is 10.0. The van der Waals surface area contributed by atoms with Gasteiger partial charge < -0.3 is 0 Å². The normalized spacial score (nSPS) is 13.7. The maximum atomic E-state index is 2.19. The number of benzene rings is 4. The summed E-state index contributed by atoms with van der Waals surface area (Å²) in [6.45, 7) is 4.26. The largest absolute Gasteiger partial charge is 0.130 e. The number of hydrogen-bond acceptors (Lipinski definition) is 2. The fraction of sp³-hybridized carbons (Fsp3) is 0.0870. The smallest absolute Gasteiger partial charge is 0.00695 e. The summed E-state index contributed by atoms with van der Waals surface area (Å²) < 4.78 is 0. The third kappa shape index (κ3) is 12.8. The van der Waals surface area contributed by atoms with Gasteiger partial charge in [-0.1, -0.05) is 181 Å². The molecule has 4 aromatic rings. The van der Waals surface area contributed by atoms with E-state index >= 15 is 0 Å². The van der Waals surface area contributed by atoms with Crippen LogP contribution in [0.5, 0.6) is 0 Å². The van der Waals surface area contributed by atoms with Gasteiger partial charge in [0.2, 0.25) is 0 Å². The molecule has 0 N–H and O–H groups in total. The second-order valence-electron chi connectivity index (χ2n) is 11.1. The second kappa shape index (κ2) is 20.5. The Morgan fingerprint density at radius 3 is 1.15 bits per heavy atom. The molecule has 240 valence electrons. The Balaban J connectivity index is 1.42. The predicted molar refractivity (Wildman–Crippen MR) is 218 cm³/mol. The van der Waals surface area contributed by atoms with Crippen molar-refractivity contribution in [2.24, 2.45) is 0 Å². The first kappa shape index (κ1) is 36.1. The average Bonchev–Trinajstić information content (AvgIpc) is 3.14. The molecule has 4 aromatic carbocycles. The molecule has 2 heteroatoms. The van der Waals surface area contributed by atoms with Crippen molar-refractivity contribution >= 4 is 46.8 Å². The maximum Gasteiger partial charge on any atom is 0.00695 e. The van der Waals surface area contributed by atoms with Gasteiger partial charge >= 0.3 is 0 Å². The van der Waals surface area contributed by atoms with Crippen molar-refractivity contribution in [1.82, 2.24) is 0 Å². The molecule has 0 aromatic heterocycles. The zero-order valence-electron chi connectivity index (χ0n) is 28.3. The Kier molecular flexibility index (Phi) is 15.4. The van der Waals surface area contributed by atoms with Crippen LogP contribution in [0.1, 0.15) is 36.1 Å². The molecule has 0 aliphatic rings. The molecule has 0 nitrogen and oxygen atoms in total. The minimum atomic E-state index is 1.16. The quantitative estimate of drug-likeness (QED) is 0.0975. The summed E-state index contributed by atoms with van der Waals surface area (Å²) in [5, 5.41) is 0. The van der Waals surface area contributed by atoms with Crippen LogP contribution < -0.4 is 0 Å². The molecule has 0 aliphatic heterocycles. The Morgan fingerprint density at radius 2 is 0.792 bits per heavy atom. The van der Waals surface area contributed by atoms with Crippen LogP contribution in [0.2, 0.25) is 0 Å². The van der Waals surface area contributed by atoms with Crippen LogP contribution >= 0.6 is 23.5 Å². The first-order chi connectivity index (χ1) is 23.5. The molecule has 0 unspecified atom stereocenters. The summed E-state index contributed by atoms with van der Waals surface area (Å²) in [5.41, 5.74) is 9.44. The molecule has 0 spiro atoms. The fourth-order valence-corrected chi connectivity index (χ4v) is 5.50. The van der Waals surface area contributed by atoms with Crippen LogP contribution in [0, 0.1) is 0 Å². The van der Waals surface area contributed by atoms with Gasteiger partial charge in [-0.25, -0.2) is 0 Å². The van der Waals surface area contributed by atoms with Crippen LogP contribution in [0.4, 0.5) is 0 Å². The predicted octanol–water partition coefficient (Wildman–Crippen LogP) is 13.6. The highest BCUT2D eigenvalue weighted by Crippen LogP contribution is 2.20. The van der Waals surface area contributed by atoms with E-state index in [1.54, 1.807) is 23.5 Å². The molecule has 0 radical (unpaired) electrons. The molecular formula is C46H44S2. The van der Waals surface area contributed by atoms with E-state index < -0.39 is 0 Å². The molecule has 0 saturated heterocycles. The molecule has 48 heavy (non-hydrogen) atoms. The number of hydrogen-bond donors (Lipinski definition) is 0. The lowest BCUT2D eigenvalue weighted by Gasteiger charge is -2.02. The van der Waals surface area contributed by atoms with Crippen LogP contribution in [0.25, 0.3) is 23.3 Å². The van der Waals surface area contributed by atoms with E-state index in [1.165, 1.54) is 43.2 Å². The van der Waals surface area contributed by atoms with Crippen LogP contribution in [-0.4, -0.2) is 12.5 Å². The monoisotopic (exact) mass is 660 g/mol. The molecule has 0 atom stereocenters.